The van der Waals surface area contributed by atoms with Crippen LogP contribution >= 0.6 is 11.6 Å². The van der Waals surface area contributed by atoms with Crippen molar-refractivity contribution in [1.82, 2.24) is 0 Å². The summed E-state index contributed by atoms with van der Waals surface area (Å²) in [7, 11) is 0. The first-order valence-electron chi connectivity index (χ1n) is 5.09. The van der Waals surface area contributed by atoms with Crippen molar-refractivity contribution in [3.8, 4) is 0 Å². The Morgan fingerprint density at radius 2 is 1.82 bits per heavy atom. The van der Waals surface area contributed by atoms with Gasteiger partial charge in [0.2, 0.25) is 0 Å². The lowest BCUT2D eigenvalue weighted by atomic mass is 9.99. The van der Waals surface area contributed by atoms with Gasteiger partial charge in [0.1, 0.15) is 5.03 Å². The Morgan fingerprint density at radius 1 is 1.29 bits per heavy atom. The summed E-state index contributed by atoms with van der Waals surface area (Å²) >= 11 is 5.40. The van der Waals surface area contributed by atoms with Crippen molar-refractivity contribution in [3.05, 3.63) is 40.9 Å². The molecule has 0 aliphatic rings. The van der Waals surface area contributed by atoms with E-state index < -0.39 is 11.2 Å². The highest BCUT2D eigenvalue weighted by Gasteiger charge is 2.35. The second-order valence-corrected chi connectivity index (χ2v) is 4.22. The summed E-state index contributed by atoms with van der Waals surface area (Å²) in [4.78, 5) is 0. The number of hydrogen-bond donors (Lipinski definition) is 1. The average Bonchev–Trinajstić information content (AvgIpc) is 2.24. The quantitative estimate of drug-likeness (QED) is 0.878. The zero-order valence-corrected chi connectivity index (χ0v) is 10.0. The van der Waals surface area contributed by atoms with Crippen molar-refractivity contribution in [2.75, 3.05) is 0 Å². The van der Waals surface area contributed by atoms with Crippen LogP contribution < -0.4 is 5.73 Å². The van der Waals surface area contributed by atoms with Crippen LogP contribution in [0.1, 0.15) is 18.9 Å². The topological polar surface area (TPSA) is 26.0 Å². The van der Waals surface area contributed by atoms with Crippen molar-refractivity contribution in [1.29, 1.82) is 0 Å². The molecule has 0 aliphatic heterocycles. The van der Waals surface area contributed by atoms with E-state index in [2.05, 4.69) is 0 Å². The molecule has 0 heterocycles. The molecule has 94 valence electrons. The fraction of sp³-hybridized carbons (Fsp3) is 0.333. The van der Waals surface area contributed by atoms with Gasteiger partial charge in [0.25, 0.3) is 0 Å². The standard InChI is InChI=1S/C12H13ClF3N/c1-8(17)7-10(11(13)12(14,15)16)9-5-3-2-4-6-9/h2-6,8H,7,17H2,1H3/b11-10-. The molecule has 17 heavy (non-hydrogen) atoms. The first kappa shape index (κ1) is 14.1. The van der Waals surface area contributed by atoms with Crippen LogP contribution in [0.4, 0.5) is 13.2 Å². The monoisotopic (exact) mass is 263 g/mol. The van der Waals surface area contributed by atoms with Crippen molar-refractivity contribution >= 4 is 17.2 Å². The van der Waals surface area contributed by atoms with Gasteiger partial charge in [-0.25, -0.2) is 0 Å². The minimum Gasteiger partial charge on any atom is -0.328 e. The molecule has 0 spiro atoms. The molecule has 0 aliphatic carbocycles. The number of allylic oxidation sites excluding steroid dienone is 1. The molecule has 1 rings (SSSR count). The van der Waals surface area contributed by atoms with Gasteiger partial charge in [-0.2, -0.15) is 13.2 Å². The molecule has 0 aromatic heterocycles. The van der Waals surface area contributed by atoms with E-state index in [1.807, 2.05) is 0 Å². The number of nitrogens with two attached hydrogens (primary N) is 1. The molecular weight excluding hydrogens is 251 g/mol. The van der Waals surface area contributed by atoms with Gasteiger partial charge in [-0.1, -0.05) is 41.9 Å². The summed E-state index contributed by atoms with van der Waals surface area (Å²) in [6.45, 7) is 1.64. The second-order valence-electron chi connectivity index (χ2n) is 3.84. The van der Waals surface area contributed by atoms with Crippen LogP contribution in [-0.2, 0) is 0 Å². The Balaban J connectivity index is 3.22. The molecular formula is C12H13ClF3N. The molecule has 1 nitrogen and oxygen atoms in total. The van der Waals surface area contributed by atoms with E-state index in [4.69, 9.17) is 17.3 Å². The van der Waals surface area contributed by atoms with E-state index in [0.29, 0.717) is 5.56 Å². The SMILES string of the molecule is CC(N)C/C(=C(/Cl)C(F)(F)F)c1ccccc1. The van der Waals surface area contributed by atoms with Gasteiger partial charge >= 0.3 is 6.18 Å². The number of benzene rings is 1. The minimum atomic E-state index is -4.54. The lowest BCUT2D eigenvalue weighted by molar-refractivity contribution is -0.0841. The number of rotatable bonds is 3. The summed E-state index contributed by atoms with van der Waals surface area (Å²) < 4.78 is 37.8. The molecule has 0 amide bonds. The maximum absolute atomic E-state index is 12.6. The van der Waals surface area contributed by atoms with Gasteiger partial charge in [0, 0.05) is 6.04 Å². The molecule has 1 unspecified atom stereocenters. The number of alkyl halides is 3. The van der Waals surface area contributed by atoms with E-state index in [-0.39, 0.29) is 18.0 Å². The Labute approximate surface area is 103 Å². The van der Waals surface area contributed by atoms with Gasteiger partial charge in [-0.15, -0.1) is 0 Å². The predicted octanol–water partition coefficient (Wildman–Crippen LogP) is 3.94. The minimum absolute atomic E-state index is 0.0368. The van der Waals surface area contributed by atoms with Gasteiger partial charge in [-0.3, -0.25) is 0 Å². The van der Waals surface area contributed by atoms with E-state index in [0.717, 1.165) is 0 Å². The molecule has 1 aromatic rings. The lowest BCUT2D eigenvalue weighted by Gasteiger charge is -2.15. The summed E-state index contributed by atoms with van der Waals surface area (Å²) in [6.07, 6.45) is -4.45. The first-order valence-corrected chi connectivity index (χ1v) is 5.47. The van der Waals surface area contributed by atoms with E-state index >= 15 is 0 Å². The van der Waals surface area contributed by atoms with Crippen LogP contribution in [0.15, 0.2) is 35.4 Å². The zero-order chi connectivity index (χ0) is 13.1. The van der Waals surface area contributed by atoms with Crippen LogP contribution in [0, 0.1) is 0 Å². The molecule has 5 heteroatoms. The fourth-order valence-electron chi connectivity index (χ4n) is 1.47. The van der Waals surface area contributed by atoms with Crippen LogP contribution in [0.25, 0.3) is 5.57 Å². The van der Waals surface area contributed by atoms with Gasteiger partial charge in [0.15, 0.2) is 0 Å². The molecule has 1 atom stereocenters. The number of halogens is 4. The van der Waals surface area contributed by atoms with E-state index in [9.17, 15) is 13.2 Å². The maximum atomic E-state index is 12.6. The first-order chi connectivity index (χ1) is 7.82. The summed E-state index contributed by atoms with van der Waals surface area (Å²) in [5.74, 6) is 0. The van der Waals surface area contributed by atoms with E-state index in [1.54, 1.807) is 37.3 Å². The summed E-state index contributed by atoms with van der Waals surface area (Å²) in [5, 5.41) is -1.10. The highest BCUT2D eigenvalue weighted by Crippen LogP contribution is 2.37. The number of hydrogen-bond acceptors (Lipinski definition) is 1. The molecule has 0 radical (unpaired) electrons. The van der Waals surface area contributed by atoms with Gasteiger partial charge in [0.05, 0.1) is 0 Å². The summed E-state index contributed by atoms with van der Waals surface area (Å²) in [6, 6.07) is 7.85. The maximum Gasteiger partial charge on any atom is 0.427 e. The molecule has 1 aromatic carbocycles. The van der Waals surface area contributed by atoms with E-state index in [1.165, 1.54) is 0 Å². The van der Waals surface area contributed by atoms with Crippen molar-refractivity contribution in [3.63, 3.8) is 0 Å². The zero-order valence-electron chi connectivity index (χ0n) is 9.26. The second kappa shape index (κ2) is 5.56. The lowest BCUT2D eigenvalue weighted by Crippen LogP contribution is -2.18. The Morgan fingerprint density at radius 3 is 2.24 bits per heavy atom. The molecule has 0 bridgehead atoms. The largest absolute Gasteiger partial charge is 0.427 e. The van der Waals surface area contributed by atoms with Gasteiger partial charge < -0.3 is 5.73 Å². The smallest absolute Gasteiger partial charge is 0.328 e. The predicted molar refractivity (Wildman–Crippen MR) is 63.5 cm³/mol. The molecule has 0 saturated carbocycles. The third-order valence-corrected chi connectivity index (χ3v) is 2.60. The third kappa shape index (κ3) is 4.06. The van der Waals surface area contributed by atoms with Crippen LogP contribution in [0.3, 0.4) is 0 Å². The summed E-state index contributed by atoms with van der Waals surface area (Å²) in [5.41, 5.74) is 6.04. The highest BCUT2D eigenvalue weighted by atomic mass is 35.5. The third-order valence-electron chi connectivity index (χ3n) is 2.16. The molecule has 2 N–H and O–H groups in total. The Hall–Kier alpha value is -1.00. The average molecular weight is 264 g/mol. The molecule has 0 saturated heterocycles. The molecule has 0 fully saturated rings. The van der Waals surface area contributed by atoms with Crippen LogP contribution in [0.5, 0.6) is 0 Å². The fourth-order valence-corrected chi connectivity index (χ4v) is 1.65. The normalized spacial score (nSPS) is 15.4. The highest BCUT2D eigenvalue weighted by molar-refractivity contribution is 6.33. The van der Waals surface area contributed by atoms with Crippen LogP contribution in [-0.4, -0.2) is 12.2 Å². The Kier molecular flexibility index (Phi) is 4.60. The van der Waals surface area contributed by atoms with Crippen molar-refractivity contribution < 1.29 is 13.2 Å². The van der Waals surface area contributed by atoms with Crippen LogP contribution in [0.2, 0.25) is 0 Å². The van der Waals surface area contributed by atoms with Crippen molar-refractivity contribution in [2.45, 2.75) is 25.6 Å². The Bertz CT molecular complexity index is 396. The van der Waals surface area contributed by atoms with Gasteiger partial charge in [-0.05, 0) is 24.5 Å². The van der Waals surface area contributed by atoms with Crippen molar-refractivity contribution in [2.24, 2.45) is 5.73 Å².